The molecule has 2 aliphatic heterocycles. The number of carboxylic acids is 1. The van der Waals surface area contributed by atoms with Crippen LogP contribution in [0.5, 0.6) is 0 Å². The fourth-order valence-corrected chi connectivity index (χ4v) is 4.61. The second kappa shape index (κ2) is 8.29. The monoisotopic (exact) mass is 381 g/mol. The number of likely N-dealkylation sites (tertiary alicyclic amines) is 1. The summed E-state index contributed by atoms with van der Waals surface area (Å²) < 4.78 is 5.65. The van der Waals surface area contributed by atoms with Crippen LogP contribution in [0.2, 0.25) is 0 Å². The number of hydrogen-bond donors (Lipinski definition) is 2. The molecule has 1 aromatic heterocycles. The molecule has 1 spiro atoms. The van der Waals surface area contributed by atoms with Gasteiger partial charge in [-0.15, -0.1) is 0 Å². The van der Waals surface area contributed by atoms with E-state index in [0.29, 0.717) is 11.7 Å². The lowest BCUT2D eigenvalue weighted by Gasteiger charge is -2.38. The van der Waals surface area contributed by atoms with Gasteiger partial charge in [0.1, 0.15) is 5.82 Å². The highest BCUT2D eigenvalue weighted by Gasteiger charge is 2.46. The lowest BCUT2D eigenvalue weighted by Crippen LogP contribution is -2.39. The van der Waals surface area contributed by atoms with Gasteiger partial charge < -0.3 is 15.2 Å². The number of pyridine rings is 1. The molecule has 2 aromatic rings. The molecule has 0 saturated carbocycles. The molecule has 2 fully saturated rings. The predicted molar refractivity (Wildman–Crippen MR) is 107 cm³/mol. The van der Waals surface area contributed by atoms with Gasteiger partial charge in [0.2, 0.25) is 0 Å². The van der Waals surface area contributed by atoms with E-state index in [1.54, 1.807) is 6.07 Å². The molecule has 6 heteroatoms. The van der Waals surface area contributed by atoms with Gasteiger partial charge >= 0.3 is 5.97 Å². The van der Waals surface area contributed by atoms with Gasteiger partial charge in [0.05, 0.1) is 0 Å². The quantitative estimate of drug-likeness (QED) is 0.801. The number of anilines is 1. The van der Waals surface area contributed by atoms with Crippen molar-refractivity contribution in [3.05, 3.63) is 59.8 Å². The van der Waals surface area contributed by atoms with Crippen molar-refractivity contribution in [1.29, 1.82) is 0 Å². The van der Waals surface area contributed by atoms with E-state index < -0.39 is 5.97 Å². The first-order valence-corrected chi connectivity index (χ1v) is 9.93. The molecule has 0 bridgehead atoms. The van der Waals surface area contributed by atoms with Crippen molar-refractivity contribution in [1.82, 2.24) is 9.88 Å². The topological polar surface area (TPSA) is 74.7 Å². The highest BCUT2D eigenvalue weighted by atomic mass is 16.5. The maximum Gasteiger partial charge on any atom is 0.354 e. The highest BCUT2D eigenvalue weighted by Crippen LogP contribution is 2.44. The third-order valence-electron chi connectivity index (χ3n) is 6.12. The van der Waals surface area contributed by atoms with Crippen LogP contribution in [0.3, 0.4) is 0 Å². The van der Waals surface area contributed by atoms with Crippen LogP contribution in [0.1, 0.15) is 28.9 Å². The maximum absolute atomic E-state index is 11.2. The van der Waals surface area contributed by atoms with Crippen LogP contribution in [0.25, 0.3) is 0 Å². The molecule has 2 saturated heterocycles. The number of nitrogens with one attached hydrogen (secondary N) is 1. The van der Waals surface area contributed by atoms with Gasteiger partial charge in [0.25, 0.3) is 0 Å². The van der Waals surface area contributed by atoms with Gasteiger partial charge in [-0.1, -0.05) is 36.4 Å². The minimum atomic E-state index is -1.00. The Morgan fingerprint density at radius 1 is 1.18 bits per heavy atom. The zero-order valence-corrected chi connectivity index (χ0v) is 16.0. The summed E-state index contributed by atoms with van der Waals surface area (Å²) in [6.45, 7) is 5.51. The van der Waals surface area contributed by atoms with Crippen LogP contribution < -0.4 is 5.32 Å². The van der Waals surface area contributed by atoms with Crippen molar-refractivity contribution in [2.45, 2.75) is 19.4 Å². The summed E-state index contributed by atoms with van der Waals surface area (Å²) in [7, 11) is 0. The van der Waals surface area contributed by atoms with Gasteiger partial charge in [-0.25, -0.2) is 9.78 Å². The van der Waals surface area contributed by atoms with Crippen molar-refractivity contribution < 1.29 is 14.6 Å². The number of hydrogen-bond acceptors (Lipinski definition) is 5. The minimum Gasteiger partial charge on any atom is -0.477 e. The highest BCUT2D eigenvalue weighted by molar-refractivity contribution is 5.85. The smallest absolute Gasteiger partial charge is 0.354 e. The molecular formula is C22H27N3O3. The Morgan fingerprint density at radius 2 is 1.96 bits per heavy atom. The van der Waals surface area contributed by atoms with Crippen molar-refractivity contribution >= 4 is 11.8 Å². The third-order valence-corrected chi connectivity index (χ3v) is 6.12. The predicted octanol–water partition coefficient (Wildman–Crippen LogP) is 3.12. The zero-order valence-electron chi connectivity index (χ0n) is 16.0. The molecule has 1 aromatic carbocycles. The summed E-state index contributed by atoms with van der Waals surface area (Å²) >= 11 is 0. The first-order valence-electron chi connectivity index (χ1n) is 9.93. The van der Waals surface area contributed by atoms with Gasteiger partial charge in [0, 0.05) is 39.4 Å². The molecule has 0 amide bonds. The van der Waals surface area contributed by atoms with Gasteiger partial charge in [-0.2, -0.15) is 0 Å². The Morgan fingerprint density at radius 3 is 2.71 bits per heavy atom. The number of aromatic carboxylic acids is 1. The first-order chi connectivity index (χ1) is 13.6. The number of carbonyl (C=O) groups is 1. The fourth-order valence-electron chi connectivity index (χ4n) is 4.61. The largest absolute Gasteiger partial charge is 0.477 e. The van der Waals surface area contributed by atoms with Crippen molar-refractivity contribution in [3.8, 4) is 0 Å². The number of aromatic nitrogens is 1. The van der Waals surface area contributed by atoms with E-state index in [1.165, 1.54) is 11.6 Å². The van der Waals surface area contributed by atoms with Crippen LogP contribution in [0, 0.1) is 11.3 Å². The lowest BCUT2D eigenvalue weighted by molar-refractivity contribution is 0.00170. The minimum absolute atomic E-state index is 0.0721. The first kappa shape index (κ1) is 18.9. The third kappa shape index (κ3) is 4.18. The zero-order chi connectivity index (χ0) is 19.4. The summed E-state index contributed by atoms with van der Waals surface area (Å²) in [5.41, 5.74) is 1.67. The Bertz CT molecular complexity index is 806. The van der Waals surface area contributed by atoms with Crippen LogP contribution in [0.4, 0.5) is 5.82 Å². The molecule has 4 rings (SSSR count). The molecule has 0 aliphatic carbocycles. The lowest BCUT2D eigenvalue weighted by atomic mass is 9.72. The molecule has 28 heavy (non-hydrogen) atoms. The SMILES string of the molecule is O=C(O)c1cccc(NC[C@H]2CN(Cc3ccccc3)CC23CCOCC3)n1. The van der Waals surface area contributed by atoms with Gasteiger partial charge in [-0.05, 0) is 41.9 Å². The van der Waals surface area contributed by atoms with Crippen molar-refractivity contribution in [3.63, 3.8) is 0 Å². The number of nitrogens with zero attached hydrogens (tertiary/aromatic N) is 2. The van der Waals surface area contributed by atoms with Crippen molar-refractivity contribution in [2.24, 2.45) is 11.3 Å². The second-order valence-electron chi connectivity index (χ2n) is 7.92. The average Bonchev–Trinajstić information content (AvgIpc) is 3.04. The summed E-state index contributed by atoms with van der Waals surface area (Å²) in [6.07, 6.45) is 2.15. The number of carboxylic acid groups (broad SMARTS) is 1. The molecule has 1 atom stereocenters. The molecular weight excluding hydrogens is 354 g/mol. The molecule has 3 heterocycles. The van der Waals surface area contributed by atoms with Crippen molar-refractivity contribution in [2.75, 3.05) is 38.2 Å². The maximum atomic E-state index is 11.2. The van der Waals surface area contributed by atoms with Crippen LogP contribution in [-0.4, -0.2) is 53.8 Å². The van der Waals surface area contributed by atoms with E-state index in [2.05, 4.69) is 45.5 Å². The molecule has 2 aliphatic rings. The van der Waals surface area contributed by atoms with Gasteiger partial charge in [-0.3, -0.25) is 4.90 Å². The Kier molecular flexibility index (Phi) is 5.59. The van der Waals surface area contributed by atoms with Gasteiger partial charge in [0.15, 0.2) is 5.69 Å². The number of rotatable bonds is 6. The Balaban J connectivity index is 1.45. The Labute approximate surface area is 165 Å². The summed E-state index contributed by atoms with van der Waals surface area (Å²) in [4.78, 5) is 17.9. The van der Waals surface area contributed by atoms with E-state index in [4.69, 9.17) is 9.84 Å². The van der Waals surface area contributed by atoms with Crippen LogP contribution in [0.15, 0.2) is 48.5 Å². The fraction of sp³-hybridized carbons (Fsp3) is 0.455. The Hall–Kier alpha value is -2.44. The summed E-state index contributed by atoms with van der Waals surface area (Å²) in [6, 6.07) is 15.7. The van der Waals surface area contributed by atoms with Crippen LogP contribution in [-0.2, 0) is 11.3 Å². The second-order valence-corrected chi connectivity index (χ2v) is 7.92. The molecule has 148 valence electrons. The van der Waals surface area contributed by atoms with Crippen LogP contribution >= 0.6 is 0 Å². The van der Waals surface area contributed by atoms with E-state index in [0.717, 1.165) is 52.2 Å². The standard InChI is InChI=1S/C22H27N3O3/c26-21(27)19-7-4-8-20(24-19)23-13-18-15-25(14-17-5-2-1-3-6-17)16-22(18)9-11-28-12-10-22/h1-8,18H,9-16H2,(H,23,24)(H,26,27)/t18-/m0/s1. The summed E-state index contributed by atoms with van der Waals surface area (Å²) in [5.74, 6) is 0.110. The molecule has 6 nitrogen and oxygen atoms in total. The van der Waals surface area contributed by atoms with E-state index in [9.17, 15) is 4.79 Å². The average molecular weight is 381 g/mol. The van der Waals surface area contributed by atoms with E-state index in [1.807, 2.05) is 6.07 Å². The number of ether oxygens (including phenoxy) is 1. The normalized spacial score (nSPS) is 21.6. The van der Waals surface area contributed by atoms with E-state index >= 15 is 0 Å². The number of benzene rings is 1. The summed E-state index contributed by atoms with van der Waals surface area (Å²) in [5, 5.41) is 12.5. The molecule has 0 radical (unpaired) electrons. The molecule has 0 unspecified atom stereocenters. The molecule has 2 N–H and O–H groups in total. The van der Waals surface area contributed by atoms with E-state index in [-0.39, 0.29) is 11.1 Å².